The standard InChI is InChI=1S/C30H38N8O3/c1-4-15-32-28-23(20-34-30(36-28)35-24-13-11-22(19-31)12-14-24)9-6-5-7-16-33-29(41)26-18-25(39)21-38(26)27(40)10-8-17-37(2)3/h8,10-14,20,25-26,39H,4-5,7,15-18,21H2,1-3H3,(H,33,41)(H2,32,34,35,36)/t25-,26+/m1/s1. The van der Waals surface area contributed by atoms with Crippen LogP contribution in [0, 0.1) is 23.2 Å². The summed E-state index contributed by atoms with van der Waals surface area (Å²) in [6.45, 7) is 3.96. The van der Waals surface area contributed by atoms with Gasteiger partial charge >= 0.3 is 0 Å². The number of hydrogen-bond donors (Lipinski definition) is 4. The minimum Gasteiger partial charge on any atom is -0.391 e. The van der Waals surface area contributed by atoms with Gasteiger partial charge in [0.2, 0.25) is 17.8 Å². The van der Waals surface area contributed by atoms with E-state index >= 15 is 0 Å². The predicted molar refractivity (Wildman–Crippen MR) is 158 cm³/mol. The maximum Gasteiger partial charge on any atom is 0.247 e. The van der Waals surface area contributed by atoms with Gasteiger partial charge in [-0.05, 0) is 51.2 Å². The lowest BCUT2D eigenvalue weighted by Gasteiger charge is -2.22. The molecule has 2 amide bonds. The van der Waals surface area contributed by atoms with E-state index in [0.29, 0.717) is 48.8 Å². The number of aromatic nitrogens is 2. The highest BCUT2D eigenvalue weighted by Gasteiger charge is 2.37. The van der Waals surface area contributed by atoms with Gasteiger partial charge in [-0.1, -0.05) is 24.8 Å². The van der Waals surface area contributed by atoms with E-state index in [1.807, 2.05) is 19.0 Å². The molecule has 216 valence electrons. The van der Waals surface area contributed by atoms with Crippen LogP contribution in [0.2, 0.25) is 0 Å². The van der Waals surface area contributed by atoms with Gasteiger partial charge in [0.05, 0.1) is 29.5 Å². The molecule has 2 atom stereocenters. The van der Waals surface area contributed by atoms with Crippen molar-refractivity contribution in [3.8, 4) is 17.9 Å². The highest BCUT2D eigenvalue weighted by molar-refractivity contribution is 5.93. The van der Waals surface area contributed by atoms with E-state index in [1.54, 1.807) is 36.5 Å². The fraction of sp³-hybridized carbons (Fsp3) is 0.433. The molecule has 0 unspecified atom stereocenters. The largest absolute Gasteiger partial charge is 0.391 e. The van der Waals surface area contributed by atoms with Crippen molar-refractivity contribution < 1.29 is 14.7 Å². The first-order valence-corrected chi connectivity index (χ1v) is 13.7. The topological polar surface area (TPSA) is 147 Å². The van der Waals surface area contributed by atoms with Crippen molar-refractivity contribution in [2.24, 2.45) is 0 Å². The number of aliphatic hydroxyl groups excluding tert-OH is 1. The zero-order chi connectivity index (χ0) is 29.6. The van der Waals surface area contributed by atoms with Crippen LogP contribution in [0.3, 0.4) is 0 Å². The number of likely N-dealkylation sites (N-methyl/N-ethyl adjacent to an activating group) is 1. The molecule has 4 N–H and O–H groups in total. The summed E-state index contributed by atoms with van der Waals surface area (Å²) in [5.41, 5.74) is 2.01. The fourth-order valence-electron chi connectivity index (χ4n) is 4.10. The van der Waals surface area contributed by atoms with Gasteiger partial charge in [-0.2, -0.15) is 10.2 Å². The molecule has 0 spiro atoms. The van der Waals surface area contributed by atoms with E-state index in [4.69, 9.17) is 5.26 Å². The molecule has 0 saturated carbocycles. The van der Waals surface area contributed by atoms with Gasteiger partial charge in [0.1, 0.15) is 11.9 Å². The molecule has 0 aliphatic carbocycles. The molecule has 11 nitrogen and oxygen atoms in total. The molecule has 2 heterocycles. The number of nitriles is 1. The maximum atomic E-state index is 12.8. The van der Waals surface area contributed by atoms with Gasteiger partial charge in [0.25, 0.3) is 0 Å². The molecular formula is C30H38N8O3. The van der Waals surface area contributed by atoms with Crippen molar-refractivity contribution in [1.29, 1.82) is 5.26 Å². The predicted octanol–water partition coefficient (Wildman–Crippen LogP) is 2.24. The Kier molecular flexibility index (Phi) is 12.1. The molecule has 11 heteroatoms. The van der Waals surface area contributed by atoms with Crippen LogP contribution in [0.4, 0.5) is 17.5 Å². The number of nitrogens with zero attached hydrogens (tertiary/aromatic N) is 5. The highest BCUT2D eigenvalue weighted by Crippen LogP contribution is 2.19. The summed E-state index contributed by atoms with van der Waals surface area (Å²) in [6, 6.07) is 8.43. The summed E-state index contributed by atoms with van der Waals surface area (Å²) in [7, 11) is 3.80. The minimum absolute atomic E-state index is 0.146. The monoisotopic (exact) mass is 558 g/mol. The van der Waals surface area contributed by atoms with Crippen LogP contribution >= 0.6 is 0 Å². The zero-order valence-corrected chi connectivity index (χ0v) is 23.9. The number of likely N-dealkylation sites (tertiary alicyclic amines) is 1. The normalized spacial score (nSPS) is 16.2. The number of rotatable bonds is 12. The summed E-state index contributed by atoms with van der Waals surface area (Å²) >= 11 is 0. The lowest BCUT2D eigenvalue weighted by Crippen LogP contribution is -2.45. The molecule has 1 saturated heterocycles. The smallest absolute Gasteiger partial charge is 0.247 e. The lowest BCUT2D eigenvalue weighted by atomic mass is 10.2. The van der Waals surface area contributed by atoms with E-state index in [2.05, 4.69) is 50.8 Å². The molecule has 1 aliphatic heterocycles. The molecule has 1 aliphatic rings. The van der Waals surface area contributed by atoms with E-state index in [9.17, 15) is 14.7 Å². The molecular weight excluding hydrogens is 520 g/mol. The number of nitrogens with one attached hydrogen (secondary N) is 3. The van der Waals surface area contributed by atoms with E-state index in [-0.39, 0.29) is 24.8 Å². The van der Waals surface area contributed by atoms with Crippen LogP contribution in [-0.2, 0) is 9.59 Å². The Balaban J connectivity index is 1.52. The highest BCUT2D eigenvalue weighted by atomic mass is 16.3. The first kappa shape index (κ1) is 31.1. The third-order valence-corrected chi connectivity index (χ3v) is 6.20. The molecule has 0 bridgehead atoms. The van der Waals surface area contributed by atoms with Gasteiger partial charge < -0.3 is 30.9 Å². The van der Waals surface area contributed by atoms with Crippen molar-refractivity contribution in [3.05, 3.63) is 53.7 Å². The Morgan fingerprint density at radius 3 is 2.73 bits per heavy atom. The Hall–Kier alpha value is -4.45. The molecule has 1 fully saturated rings. The van der Waals surface area contributed by atoms with Crippen LogP contribution in [0.25, 0.3) is 0 Å². The van der Waals surface area contributed by atoms with E-state index < -0.39 is 12.1 Å². The molecule has 2 aromatic rings. The number of benzene rings is 1. The number of aliphatic hydroxyl groups is 1. The Morgan fingerprint density at radius 1 is 1.24 bits per heavy atom. The Morgan fingerprint density at radius 2 is 2.02 bits per heavy atom. The van der Waals surface area contributed by atoms with Crippen LogP contribution in [0.15, 0.2) is 42.6 Å². The van der Waals surface area contributed by atoms with Crippen molar-refractivity contribution in [2.45, 2.75) is 44.8 Å². The van der Waals surface area contributed by atoms with Crippen LogP contribution in [0.5, 0.6) is 0 Å². The van der Waals surface area contributed by atoms with Crippen molar-refractivity contribution >= 4 is 29.3 Å². The van der Waals surface area contributed by atoms with E-state index in [0.717, 1.165) is 18.7 Å². The second-order valence-corrected chi connectivity index (χ2v) is 9.95. The van der Waals surface area contributed by atoms with Gasteiger partial charge in [-0.25, -0.2) is 4.98 Å². The van der Waals surface area contributed by atoms with Crippen molar-refractivity contribution in [1.82, 2.24) is 25.1 Å². The van der Waals surface area contributed by atoms with Crippen LogP contribution < -0.4 is 16.0 Å². The molecule has 1 aromatic carbocycles. The molecule has 3 rings (SSSR count). The number of carbonyl (C=O) groups is 2. The average molecular weight is 559 g/mol. The van der Waals surface area contributed by atoms with Crippen molar-refractivity contribution in [3.63, 3.8) is 0 Å². The van der Waals surface area contributed by atoms with Gasteiger partial charge in [-0.3, -0.25) is 9.59 Å². The number of β-amino-alcohol motifs (C(OH)–C–C–N with tert-alkyl or cyclic N) is 1. The number of unbranched alkanes of at least 4 members (excludes halogenated alkanes) is 1. The van der Waals surface area contributed by atoms with Crippen LogP contribution in [0.1, 0.15) is 43.7 Å². The number of hydrogen-bond acceptors (Lipinski definition) is 9. The van der Waals surface area contributed by atoms with Gasteiger partial charge in [0.15, 0.2) is 0 Å². The average Bonchev–Trinajstić information content (AvgIpc) is 3.36. The van der Waals surface area contributed by atoms with E-state index in [1.165, 1.54) is 11.0 Å². The molecule has 0 radical (unpaired) electrons. The number of carbonyl (C=O) groups excluding carboxylic acids is 2. The first-order valence-electron chi connectivity index (χ1n) is 13.7. The summed E-state index contributed by atoms with van der Waals surface area (Å²) < 4.78 is 0. The van der Waals surface area contributed by atoms with Crippen LogP contribution in [-0.4, -0.2) is 89.1 Å². The van der Waals surface area contributed by atoms with Crippen molar-refractivity contribution in [2.75, 3.05) is 50.9 Å². The Bertz CT molecular complexity index is 1310. The second-order valence-electron chi connectivity index (χ2n) is 9.95. The fourth-order valence-corrected chi connectivity index (χ4v) is 4.10. The summed E-state index contributed by atoms with van der Waals surface area (Å²) in [6.07, 6.45) is 6.46. The quantitative estimate of drug-likeness (QED) is 0.175. The zero-order valence-electron chi connectivity index (χ0n) is 23.9. The number of anilines is 3. The third-order valence-electron chi connectivity index (χ3n) is 6.20. The van der Waals surface area contributed by atoms with Gasteiger partial charge in [-0.15, -0.1) is 0 Å². The maximum absolute atomic E-state index is 12.8. The summed E-state index contributed by atoms with van der Waals surface area (Å²) in [5, 5.41) is 28.3. The molecule has 41 heavy (non-hydrogen) atoms. The Labute approximate surface area is 241 Å². The first-order chi connectivity index (χ1) is 19.8. The second kappa shape index (κ2) is 16.0. The SMILES string of the molecule is CCCNc1nc(Nc2ccc(C#N)cc2)ncc1C#CCCCNC(=O)[C@@H]1C[C@@H](O)CN1C(=O)C=CCN(C)C. The third kappa shape index (κ3) is 9.91. The lowest BCUT2D eigenvalue weighted by molar-refractivity contribution is -0.135. The minimum atomic E-state index is -0.716. The molecule has 1 aromatic heterocycles. The number of amides is 2. The summed E-state index contributed by atoms with van der Waals surface area (Å²) in [4.78, 5) is 37.6. The van der Waals surface area contributed by atoms with Gasteiger partial charge in [0, 0.05) is 50.8 Å². The summed E-state index contributed by atoms with van der Waals surface area (Å²) in [5.74, 6) is 6.73.